The Morgan fingerprint density at radius 1 is 1.10 bits per heavy atom. The number of rotatable bonds is 6. The number of aliphatic carboxylic acids is 1. The average molecular weight is 560 g/mol. The van der Waals surface area contributed by atoms with E-state index in [0.29, 0.717) is 53.4 Å². The zero-order chi connectivity index (χ0) is 29.1. The highest BCUT2D eigenvalue weighted by Gasteiger charge is 2.48. The maximum absolute atomic E-state index is 14.4. The zero-order valence-electron chi connectivity index (χ0n) is 23.3. The number of nitrogens with zero attached hydrogens (tertiary/aromatic N) is 2. The summed E-state index contributed by atoms with van der Waals surface area (Å²) in [5, 5.41) is 12.1. The first-order valence-electron chi connectivity index (χ1n) is 14.0. The third-order valence-corrected chi connectivity index (χ3v) is 9.16. The summed E-state index contributed by atoms with van der Waals surface area (Å²) in [5.74, 6) is -1.78. The van der Waals surface area contributed by atoms with Crippen molar-refractivity contribution in [3.8, 4) is 11.3 Å². The van der Waals surface area contributed by atoms with Crippen molar-refractivity contribution in [2.24, 2.45) is 11.8 Å². The number of aromatic nitrogens is 1. The lowest BCUT2D eigenvalue weighted by Crippen LogP contribution is -2.46. The number of benzene rings is 1. The number of likely N-dealkylation sites (N-methyl/N-ethyl adjacent to an activating group) is 1. The van der Waals surface area contributed by atoms with Gasteiger partial charge in [0.05, 0.1) is 28.1 Å². The normalized spacial score (nSPS) is 22.7. The van der Waals surface area contributed by atoms with E-state index in [0.717, 1.165) is 43.1 Å². The third kappa shape index (κ3) is 4.79. The minimum Gasteiger partial charge on any atom is -0.481 e. The first-order valence-corrected chi connectivity index (χ1v) is 14.0. The van der Waals surface area contributed by atoms with Crippen molar-refractivity contribution >= 4 is 23.5 Å². The molecule has 1 aromatic heterocycles. The zero-order valence-corrected chi connectivity index (χ0v) is 23.3. The molecule has 3 aliphatic rings. The topological polar surface area (TPSA) is 91.6 Å². The molecule has 10 heteroatoms. The van der Waals surface area contributed by atoms with Crippen LogP contribution in [0.5, 0.6) is 0 Å². The van der Waals surface area contributed by atoms with Gasteiger partial charge in [-0.15, -0.1) is 0 Å². The number of halogens is 3. The minimum atomic E-state index is -4.68. The Labute approximate surface area is 231 Å². The summed E-state index contributed by atoms with van der Waals surface area (Å²) in [6.07, 6.45) is 1.41. The maximum Gasteiger partial charge on any atom is 0.418 e. The average Bonchev–Trinajstić information content (AvgIpc) is 3.27. The quantitative estimate of drug-likeness (QED) is 0.460. The highest BCUT2D eigenvalue weighted by atomic mass is 19.4. The van der Waals surface area contributed by atoms with Crippen LogP contribution in [0.2, 0.25) is 0 Å². The molecule has 2 fully saturated rings. The monoisotopic (exact) mass is 559 g/mol. The van der Waals surface area contributed by atoms with E-state index < -0.39 is 34.9 Å². The molecule has 0 radical (unpaired) electrons. The summed E-state index contributed by atoms with van der Waals surface area (Å²) in [5.41, 5.74) is 0.0362. The molecule has 7 nitrogen and oxygen atoms in total. The molecule has 1 aliphatic heterocycles. The van der Waals surface area contributed by atoms with Crippen LogP contribution in [-0.2, 0) is 27.7 Å². The number of hydrogen-bond donors (Lipinski definition) is 2. The number of amides is 2. The van der Waals surface area contributed by atoms with Crippen LogP contribution >= 0.6 is 0 Å². The van der Waals surface area contributed by atoms with E-state index in [9.17, 15) is 27.6 Å². The Hall–Kier alpha value is -3.30. The second-order valence-corrected chi connectivity index (χ2v) is 12.2. The first kappa shape index (κ1) is 28.2. The third-order valence-electron chi connectivity index (χ3n) is 9.16. The van der Waals surface area contributed by atoms with Gasteiger partial charge in [0.2, 0.25) is 5.91 Å². The fraction of sp³-hybridized carbons (Fsp3) is 0.567. The molecule has 2 heterocycles. The Balaban J connectivity index is 1.60. The number of fused-ring (bicyclic) bond motifs is 1. The molecule has 2 saturated carbocycles. The van der Waals surface area contributed by atoms with Gasteiger partial charge in [0, 0.05) is 31.0 Å². The molecule has 5 rings (SSSR count). The SMILES string of the molecule is Cc1c(C(=O)NC2CC(C(=O)O)C2)cc(-c2cc(C(F)(F)F)c3c(c2)C(C)(C)C(=O)N3C)n1CC1CCCCC1. The first-order chi connectivity index (χ1) is 18.7. The van der Waals surface area contributed by atoms with Gasteiger partial charge in [0.1, 0.15) is 0 Å². The number of carbonyl (C=O) groups is 3. The summed E-state index contributed by atoms with van der Waals surface area (Å²) in [4.78, 5) is 38.6. The lowest BCUT2D eigenvalue weighted by molar-refractivity contribution is -0.145. The molecular formula is C30H36F3N3O4. The number of anilines is 1. The van der Waals surface area contributed by atoms with E-state index in [2.05, 4.69) is 5.32 Å². The van der Waals surface area contributed by atoms with Gasteiger partial charge < -0.3 is 19.9 Å². The van der Waals surface area contributed by atoms with Crippen molar-refractivity contribution in [2.45, 2.75) is 89.9 Å². The molecular weight excluding hydrogens is 523 g/mol. The van der Waals surface area contributed by atoms with E-state index >= 15 is 0 Å². The van der Waals surface area contributed by atoms with Gasteiger partial charge in [-0.1, -0.05) is 19.3 Å². The number of hydrogen-bond acceptors (Lipinski definition) is 3. The van der Waals surface area contributed by atoms with E-state index in [-0.39, 0.29) is 17.6 Å². The minimum absolute atomic E-state index is 0.121. The summed E-state index contributed by atoms with van der Waals surface area (Å²) in [7, 11) is 1.37. The number of carboxylic acid groups (broad SMARTS) is 1. The summed E-state index contributed by atoms with van der Waals surface area (Å²) < 4.78 is 45.2. The Kier molecular flexibility index (Phi) is 7.03. The van der Waals surface area contributed by atoms with Gasteiger partial charge in [-0.25, -0.2) is 0 Å². The van der Waals surface area contributed by atoms with Crippen LogP contribution in [0.4, 0.5) is 18.9 Å². The molecule has 216 valence electrons. The predicted octanol–water partition coefficient (Wildman–Crippen LogP) is 5.91. The number of carbonyl (C=O) groups excluding carboxylic acids is 2. The van der Waals surface area contributed by atoms with Crippen molar-refractivity contribution in [1.82, 2.24) is 9.88 Å². The van der Waals surface area contributed by atoms with Crippen molar-refractivity contribution < 1.29 is 32.7 Å². The molecule has 1 aromatic carbocycles. The maximum atomic E-state index is 14.4. The van der Waals surface area contributed by atoms with Crippen LogP contribution in [0, 0.1) is 18.8 Å². The van der Waals surface area contributed by atoms with Gasteiger partial charge in [0.25, 0.3) is 5.91 Å². The van der Waals surface area contributed by atoms with Gasteiger partial charge in [-0.2, -0.15) is 13.2 Å². The van der Waals surface area contributed by atoms with E-state index in [1.54, 1.807) is 32.9 Å². The van der Waals surface area contributed by atoms with Crippen LogP contribution in [0.15, 0.2) is 18.2 Å². The molecule has 2 aliphatic carbocycles. The fourth-order valence-corrected chi connectivity index (χ4v) is 6.65. The number of nitrogens with one attached hydrogen (secondary N) is 1. The van der Waals surface area contributed by atoms with Crippen LogP contribution in [0.3, 0.4) is 0 Å². The van der Waals surface area contributed by atoms with E-state index in [1.165, 1.54) is 7.05 Å². The molecule has 0 saturated heterocycles. The standard InChI is InChI=1S/C30H36F3N3O4/c1-16-21(26(37)34-20-10-19(11-20)27(38)39)14-24(36(16)15-17-8-6-5-7-9-17)18-12-22-25(23(13-18)30(31,32)33)35(4)28(40)29(22,2)3/h12-14,17,19-20H,5-11,15H2,1-4H3,(H,34,37)(H,38,39). The van der Waals surface area contributed by atoms with Crippen molar-refractivity contribution in [3.05, 3.63) is 40.6 Å². The second-order valence-electron chi connectivity index (χ2n) is 12.2. The van der Waals surface area contributed by atoms with Gasteiger partial charge >= 0.3 is 12.1 Å². The van der Waals surface area contributed by atoms with Crippen molar-refractivity contribution in [3.63, 3.8) is 0 Å². The lowest BCUT2D eigenvalue weighted by atomic mass is 9.80. The second kappa shape index (κ2) is 9.96. The van der Waals surface area contributed by atoms with Crippen LogP contribution in [-0.4, -0.2) is 40.5 Å². The highest BCUT2D eigenvalue weighted by molar-refractivity contribution is 6.08. The Bertz CT molecular complexity index is 1370. The molecule has 0 spiro atoms. The summed E-state index contributed by atoms with van der Waals surface area (Å²) >= 11 is 0. The van der Waals surface area contributed by atoms with Gasteiger partial charge in [0.15, 0.2) is 0 Å². The smallest absolute Gasteiger partial charge is 0.418 e. The van der Waals surface area contributed by atoms with Gasteiger partial charge in [-0.3, -0.25) is 14.4 Å². The van der Waals surface area contributed by atoms with Crippen molar-refractivity contribution in [1.29, 1.82) is 0 Å². The molecule has 0 unspecified atom stereocenters. The number of carboxylic acids is 1. The largest absolute Gasteiger partial charge is 0.481 e. The fourth-order valence-electron chi connectivity index (χ4n) is 6.65. The lowest BCUT2D eigenvalue weighted by Gasteiger charge is -2.32. The van der Waals surface area contributed by atoms with Crippen LogP contribution < -0.4 is 10.2 Å². The van der Waals surface area contributed by atoms with Crippen LogP contribution in [0.25, 0.3) is 11.3 Å². The molecule has 40 heavy (non-hydrogen) atoms. The van der Waals surface area contributed by atoms with Crippen LogP contribution in [0.1, 0.15) is 86.0 Å². The molecule has 2 aromatic rings. The van der Waals surface area contributed by atoms with Gasteiger partial charge in [-0.05, 0) is 81.7 Å². The Morgan fingerprint density at radius 3 is 2.35 bits per heavy atom. The predicted molar refractivity (Wildman–Crippen MR) is 144 cm³/mol. The highest BCUT2D eigenvalue weighted by Crippen LogP contribution is 2.50. The van der Waals surface area contributed by atoms with E-state index in [4.69, 9.17) is 5.11 Å². The van der Waals surface area contributed by atoms with E-state index in [1.807, 2.05) is 4.57 Å². The molecule has 2 amide bonds. The van der Waals surface area contributed by atoms with Crippen molar-refractivity contribution in [2.75, 3.05) is 11.9 Å². The molecule has 2 N–H and O–H groups in total. The summed E-state index contributed by atoms with van der Waals surface area (Å²) in [6, 6.07) is 4.16. The molecule has 0 atom stereocenters. The Morgan fingerprint density at radius 2 is 1.75 bits per heavy atom. The summed E-state index contributed by atoms with van der Waals surface area (Å²) in [6.45, 7) is 5.66. The number of alkyl halides is 3. The molecule has 0 bridgehead atoms.